The second-order valence-corrected chi connectivity index (χ2v) is 7.49. The molecule has 0 atom stereocenters. The minimum absolute atomic E-state index is 0.308. The molecular formula is C18H25NO3S. The molecule has 126 valence electrons. The normalized spacial score (nSPS) is 20.3. The summed E-state index contributed by atoms with van der Waals surface area (Å²) in [6.07, 6.45) is 4.10. The van der Waals surface area contributed by atoms with Crippen LogP contribution in [0.2, 0.25) is 0 Å². The molecule has 1 aliphatic heterocycles. The van der Waals surface area contributed by atoms with E-state index in [0.717, 1.165) is 55.8 Å². The molecule has 0 spiro atoms. The van der Waals surface area contributed by atoms with Crippen LogP contribution >= 0.6 is 11.8 Å². The summed E-state index contributed by atoms with van der Waals surface area (Å²) >= 11 is 1.93. The molecule has 1 aliphatic carbocycles. The molecule has 0 unspecified atom stereocenters. The van der Waals surface area contributed by atoms with Crippen LogP contribution in [0.4, 0.5) is 0 Å². The van der Waals surface area contributed by atoms with Gasteiger partial charge in [-0.25, -0.2) is 0 Å². The average Bonchev–Trinajstić information content (AvgIpc) is 3.12. The molecule has 5 heteroatoms. The summed E-state index contributed by atoms with van der Waals surface area (Å²) in [5.41, 5.74) is 0.706. The van der Waals surface area contributed by atoms with Gasteiger partial charge < -0.3 is 14.4 Å². The minimum Gasteiger partial charge on any atom is -0.493 e. The van der Waals surface area contributed by atoms with E-state index in [1.54, 1.807) is 14.2 Å². The Morgan fingerprint density at radius 3 is 2.35 bits per heavy atom. The van der Waals surface area contributed by atoms with Gasteiger partial charge in [0.25, 0.3) is 0 Å². The number of hydrogen-bond acceptors (Lipinski definition) is 4. The van der Waals surface area contributed by atoms with Crippen molar-refractivity contribution in [1.29, 1.82) is 0 Å². The van der Waals surface area contributed by atoms with Crippen LogP contribution in [0.5, 0.6) is 11.5 Å². The van der Waals surface area contributed by atoms with Gasteiger partial charge in [-0.15, -0.1) is 0 Å². The summed E-state index contributed by atoms with van der Waals surface area (Å²) in [6, 6.07) is 5.97. The van der Waals surface area contributed by atoms with Gasteiger partial charge in [-0.2, -0.15) is 11.8 Å². The van der Waals surface area contributed by atoms with Crippen molar-refractivity contribution in [3.8, 4) is 11.5 Å². The van der Waals surface area contributed by atoms with Crippen LogP contribution in [0.3, 0.4) is 0 Å². The lowest BCUT2D eigenvalue weighted by Gasteiger charge is -2.36. The van der Waals surface area contributed by atoms with Crippen LogP contribution in [0, 0.1) is 0 Å². The summed E-state index contributed by atoms with van der Waals surface area (Å²) in [6.45, 7) is 1.75. The van der Waals surface area contributed by atoms with Crippen LogP contribution in [-0.2, 0) is 10.2 Å². The zero-order valence-electron chi connectivity index (χ0n) is 14.0. The number of nitrogens with zero attached hydrogens (tertiary/aromatic N) is 1. The first-order valence-electron chi connectivity index (χ1n) is 8.31. The molecule has 1 heterocycles. The zero-order chi connectivity index (χ0) is 16.3. The van der Waals surface area contributed by atoms with Crippen molar-refractivity contribution in [3.63, 3.8) is 0 Å². The summed E-state index contributed by atoms with van der Waals surface area (Å²) in [7, 11) is 3.28. The van der Waals surface area contributed by atoms with Crippen molar-refractivity contribution in [1.82, 2.24) is 4.90 Å². The number of rotatable bonds is 4. The van der Waals surface area contributed by atoms with Gasteiger partial charge in [0, 0.05) is 24.6 Å². The third-order valence-electron chi connectivity index (χ3n) is 5.10. The second kappa shape index (κ2) is 7.04. The van der Waals surface area contributed by atoms with E-state index in [1.165, 1.54) is 0 Å². The van der Waals surface area contributed by atoms with Gasteiger partial charge in [0.15, 0.2) is 11.5 Å². The minimum atomic E-state index is -0.373. The van der Waals surface area contributed by atoms with Gasteiger partial charge in [0.1, 0.15) is 0 Å². The van der Waals surface area contributed by atoms with Gasteiger partial charge in [0.2, 0.25) is 5.91 Å². The molecule has 1 saturated carbocycles. The molecule has 3 rings (SSSR count). The Morgan fingerprint density at radius 2 is 1.74 bits per heavy atom. The largest absolute Gasteiger partial charge is 0.493 e. The lowest BCUT2D eigenvalue weighted by molar-refractivity contribution is -0.137. The molecule has 0 bridgehead atoms. The Balaban J connectivity index is 1.95. The smallest absolute Gasteiger partial charge is 0.233 e. The van der Waals surface area contributed by atoms with E-state index in [1.807, 2.05) is 30.0 Å². The fourth-order valence-corrected chi connectivity index (χ4v) is 4.71. The van der Waals surface area contributed by atoms with Crippen molar-refractivity contribution in [2.24, 2.45) is 0 Å². The molecular weight excluding hydrogens is 310 g/mol. The van der Waals surface area contributed by atoms with E-state index < -0.39 is 0 Å². The van der Waals surface area contributed by atoms with Crippen LogP contribution in [0.1, 0.15) is 31.2 Å². The fourth-order valence-electron chi connectivity index (χ4n) is 3.81. The van der Waals surface area contributed by atoms with Crippen molar-refractivity contribution >= 4 is 17.7 Å². The van der Waals surface area contributed by atoms with E-state index in [0.29, 0.717) is 17.4 Å². The molecule has 1 saturated heterocycles. The molecule has 0 N–H and O–H groups in total. The van der Waals surface area contributed by atoms with Gasteiger partial charge in [-0.1, -0.05) is 18.9 Å². The number of carbonyl (C=O) groups is 1. The molecule has 1 aromatic rings. The van der Waals surface area contributed by atoms with E-state index in [-0.39, 0.29) is 5.41 Å². The van der Waals surface area contributed by atoms with Crippen molar-refractivity contribution in [2.45, 2.75) is 31.1 Å². The van der Waals surface area contributed by atoms with Crippen LogP contribution in [0.25, 0.3) is 0 Å². The molecule has 4 nitrogen and oxygen atoms in total. The third-order valence-corrected chi connectivity index (χ3v) is 6.04. The number of methoxy groups -OCH3 is 2. The molecule has 2 aliphatic rings. The Hall–Kier alpha value is -1.36. The van der Waals surface area contributed by atoms with Crippen molar-refractivity contribution < 1.29 is 14.3 Å². The standard InChI is InChI=1S/C18H25NO3S/c1-21-15-6-5-14(13-16(15)22-2)18(7-3-4-8-18)17(20)19-9-11-23-12-10-19/h5-6,13H,3-4,7-12H2,1-2H3. The maximum Gasteiger partial charge on any atom is 0.233 e. The SMILES string of the molecule is COc1ccc(C2(C(=O)N3CCSCC3)CCCC2)cc1OC. The lowest BCUT2D eigenvalue weighted by atomic mass is 9.77. The maximum absolute atomic E-state index is 13.3. The Labute approximate surface area is 142 Å². The van der Waals surface area contributed by atoms with Gasteiger partial charge in [-0.3, -0.25) is 4.79 Å². The van der Waals surface area contributed by atoms with Crippen LogP contribution in [0.15, 0.2) is 18.2 Å². The zero-order valence-corrected chi connectivity index (χ0v) is 14.8. The van der Waals surface area contributed by atoms with Crippen LogP contribution < -0.4 is 9.47 Å². The Morgan fingerprint density at radius 1 is 1.09 bits per heavy atom. The number of thioether (sulfide) groups is 1. The Kier molecular flexibility index (Phi) is 5.05. The number of amides is 1. The third kappa shape index (κ3) is 3.03. The molecule has 23 heavy (non-hydrogen) atoms. The molecule has 1 amide bonds. The first kappa shape index (κ1) is 16.5. The van der Waals surface area contributed by atoms with E-state index >= 15 is 0 Å². The fraction of sp³-hybridized carbons (Fsp3) is 0.611. The van der Waals surface area contributed by atoms with E-state index in [4.69, 9.17) is 9.47 Å². The average molecular weight is 335 g/mol. The van der Waals surface area contributed by atoms with E-state index in [9.17, 15) is 4.79 Å². The predicted molar refractivity (Wildman–Crippen MR) is 93.6 cm³/mol. The van der Waals surface area contributed by atoms with E-state index in [2.05, 4.69) is 4.90 Å². The van der Waals surface area contributed by atoms with Crippen LogP contribution in [-0.4, -0.2) is 49.6 Å². The quantitative estimate of drug-likeness (QED) is 0.847. The van der Waals surface area contributed by atoms with Gasteiger partial charge in [-0.05, 0) is 30.5 Å². The van der Waals surface area contributed by atoms with Crippen molar-refractivity contribution in [2.75, 3.05) is 38.8 Å². The van der Waals surface area contributed by atoms with Gasteiger partial charge >= 0.3 is 0 Å². The maximum atomic E-state index is 13.3. The lowest BCUT2D eigenvalue weighted by Crippen LogP contribution is -2.48. The summed E-state index contributed by atoms with van der Waals surface area (Å²) in [4.78, 5) is 15.4. The highest BCUT2D eigenvalue weighted by Gasteiger charge is 2.45. The summed E-state index contributed by atoms with van der Waals surface area (Å²) in [5, 5.41) is 0. The number of carbonyl (C=O) groups excluding carboxylic acids is 1. The summed E-state index contributed by atoms with van der Waals surface area (Å²) < 4.78 is 10.8. The second-order valence-electron chi connectivity index (χ2n) is 6.26. The molecule has 0 aromatic heterocycles. The Bertz CT molecular complexity index is 563. The first-order valence-corrected chi connectivity index (χ1v) is 9.46. The van der Waals surface area contributed by atoms with Crippen molar-refractivity contribution in [3.05, 3.63) is 23.8 Å². The topological polar surface area (TPSA) is 38.8 Å². The first-order chi connectivity index (χ1) is 11.2. The molecule has 2 fully saturated rings. The highest BCUT2D eigenvalue weighted by Crippen LogP contribution is 2.45. The highest BCUT2D eigenvalue weighted by atomic mass is 32.2. The molecule has 0 radical (unpaired) electrons. The number of hydrogen-bond donors (Lipinski definition) is 0. The monoisotopic (exact) mass is 335 g/mol. The predicted octanol–water partition coefficient (Wildman–Crippen LogP) is 3.09. The summed E-state index contributed by atoms with van der Waals surface area (Å²) in [5.74, 6) is 3.83. The van der Waals surface area contributed by atoms with Gasteiger partial charge in [0.05, 0.1) is 19.6 Å². The molecule has 1 aromatic carbocycles. The number of ether oxygens (including phenoxy) is 2. The number of benzene rings is 1. The highest BCUT2D eigenvalue weighted by molar-refractivity contribution is 7.99.